The monoisotopic (exact) mass is 454 g/mol. The van der Waals surface area contributed by atoms with Gasteiger partial charge in [-0.3, -0.25) is 4.79 Å². The summed E-state index contributed by atoms with van der Waals surface area (Å²) in [6.45, 7) is -0.155. The molecule has 1 saturated heterocycles. The molecule has 158 valence electrons. The van der Waals surface area contributed by atoms with Crippen LogP contribution in [0.4, 0.5) is 8.78 Å². The highest BCUT2D eigenvalue weighted by Gasteiger charge is 2.64. The molecule has 0 unspecified atom stereocenters. The van der Waals surface area contributed by atoms with Gasteiger partial charge in [0.2, 0.25) is 0 Å². The Hall–Kier alpha value is -2.19. The number of benzene rings is 2. The second-order valence-electron chi connectivity index (χ2n) is 7.93. The summed E-state index contributed by atoms with van der Waals surface area (Å²) in [6.07, 6.45) is -0.232. The molecule has 3 aliphatic rings. The van der Waals surface area contributed by atoms with Gasteiger partial charge in [0.05, 0.1) is 23.5 Å². The molecule has 0 radical (unpaired) electrons. The molecule has 2 aliphatic heterocycles. The van der Waals surface area contributed by atoms with Gasteiger partial charge in [0.15, 0.2) is 21.4 Å². The van der Waals surface area contributed by atoms with Crippen LogP contribution in [0, 0.1) is 23.5 Å². The van der Waals surface area contributed by atoms with Crippen molar-refractivity contribution in [3.63, 3.8) is 0 Å². The number of sulfone groups is 1. The number of halogens is 3. The Labute approximate surface area is 176 Å². The summed E-state index contributed by atoms with van der Waals surface area (Å²) in [5.74, 6) is -3.72. The molecule has 0 bridgehead atoms. The van der Waals surface area contributed by atoms with Gasteiger partial charge < -0.3 is 9.47 Å². The van der Waals surface area contributed by atoms with Crippen molar-refractivity contribution in [2.45, 2.75) is 35.0 Å². The maximum absolute atomic E-state index is 15.2. The third kappa shape index (κ3) is 2.56. The number of hydrogen-bond acceptors (Lipinski definition) is 5. The standard InChI is InChI=1S/C21H17ClF2O5S/c22-11-1-3-12(4-2-11)30(26,27)21-8-7-17-13(9-18(25)29-17)14(21)10-28-20-16(24)6-5-15(23)19(20)21/h1-6,13-14,17H,7-10H2/t13-,14-,17+,21-/m0/s1. The minimum absolute atomic E-state index is 0.0167. The summed E-state index contributed by atoms with van der Waals surface area (Å²) in [5, 5.41) is 0.353. The molecular formula is C21H17ClF2O5S. The van der Waals surface area contributed by atoms with Crippen molar-refractivity contribution < 1.29 is 31.5 Å². The third-order valence-corrected chi connectivity index (χ3v) is 9.39. The zero-order valence-electron chi connectivity index (χ0n) is 15.6. The molecule has 0 aromatic heterocycles. The van der Waals surface area contributed by atoms with Crippen molar-refractivity contribution in [3.05, 3.63) is 58.6 Å². The number of hydrogen-bond donors (Lipinski definition) is 0. The van der Waals surface area contributed by atoms with E-state index < -0.39 is 50.1 Å². The molecule has 4 atom stereocenters. The Kier molecular flexibility index (Phi) is 4.38. The summed E-state index contributed by atoms with van der Waals surface area (Å²) >= 11 is 5.92. The molecule has 5 rings (SSSR count). The predicted octanol–water partition coefficient (Wildman–Crippen LogP) is 4.02. The molecule has 5 nitrogen and oxygen atoms in total. The summed E-state index contributed by atoms with van der Waals surface area (Å²) in [7, 11) is -4.22. The number of carbonyl (C=O) groups excluding carboxylic acids is 1. The van der Waals surface area contributed by atoms with E-state index in [4.69, 9.17) is 21.1 Å². The molecule has 2 aromatic carbocycles. The van der Waals surface area contributed by atoms with E-state index in [9.17, 15) is 17.6 Å². The third-order valence-electron chi connectivity index (χ3n) is 6.57. The number of carbonyl (C=O) groups is 1. The van der Waals surface area contributed by atoms with Crippen LogP contribution < -0.4 is 4.74 Å². The smallest absolute Gasteiger partial charge is 0.306 e. The van der Waals surface area contributed by atoms with Crippen molar-refractivity contribution >= 4 is 27.4 Å². The van der Waals surface area contributed by atoms with E-state index in [0.29, 0.717) is 5.02 Å². The van der Waals surface area contributed by atoms with Crippen molar-refractivity contribution in [3.8, 4) is 5.75 Å². The largest absolute Gasteiger partial charge is 0.490 e. The normalized spacial score (nSPS) is 30.0. The lowest BCUT2D eigenvalue weighted by Crippen LogP contribution is -2.56. The van der Waals surface area contributed by atoms with E-state index in [1.165, 1.54) is 24.3 Å². The molecule has 1 saturated carbocycles. The summed E-state index contributed by atoms with van der Waals surface area (Å²) in [5.41, 5.74) is -0.300. The Balaban J connectivity index is 1.80. The van der Waals surface area contributed by atoms with Gasteiger partial charge in [-0.15, -0.1) is 0 Å². The fourth-order valence-electron chi connectivity index (χ4n) is 5.29. The average molecular weight is 455 g/mol. The van der Waals surface area contributed by atoms with E-state index >= 15 is 4.39 Å². The number of ether oxygens (including phenoxy) is 2. The Morgan fingerprint density at radius 2 is 1.77 bits per heavy atom. The van der Waals surface area contributed by atoms with Gasteiger partial charge in [0, 0.05) is 16.9 Å². The lowest BCUT2D eigenvalue weighted by atomic mass is 9.66. The Bertz CT molecular complexity index is 1150. The zero-order chi connectivity index (χ0) is 21.3. The van der Waals surface area contributed by atoms with Crippen LogP contribution in [0.5, 0.6) is 5.75 Å². The molecule has 1 aliphatic carbocycles. The lowest BCUT2D eigenvalue weighted by molar-refractivity contribution is -0.142. The van der Waals surface area contributed by atoms with Gasteiger partial charge in [-0.25, -0.2) is 17.2 Å². The number of esters is 1. The van der Waals surface area contributed by atoms with Crippen LogP contribution in [-0.4, -0.2) is 27.1 Å². The summed E-state index contributed by atoms with van der Waals surface area (Å²) in [4.78, 5) is 11.9. The van der Waals surface area contributed by atoms with Gasteiger partial charge in [-0.1, -0.05) is 11.6 Å². The second-order valence-corrected chi connectivity index (χ2v) is 10.6. The van der Waals surface area contributed by atoms with E-state index in [2.05, 4.69) is 0 Å². The lowest BCUT2D eigenvalue weighted by Gasteiger charge is -2.50. The van der Waals surface area contributed by atoms with Crippen LogP contribution >= 0.6 is 11.6 Å². The zero-order valence-corrected chi connectivity index (χ0v) is 17.2. The molecule has 0 spiro atoms. The van der Waals surface area contributed by atoms with Gasteiger partial charge in [0.1, 0.15) is 16.7 Å². The summed E-state index contributed by atoms with van der Waals surface area (Å²) in [6, 6.07) is 7.44. The fourth-order valence-corrected chi connectivity index (χ4v) is 7.82. The number of fused-ring (bicyclic) bond motifs is 5. The van der Waals surface area contributed by atoms with Gasteiger partial charge in [-0.05, 0) is 49.2 Å². The first kappa shape index (κ1) is 19.8. The van der Waals surface area contributed by atoms with Gasteiger partial charge >= 0.3 is 5.97 Å². The predicted molar refractivity (Wildman–Crippen MR) is 103 cm³/mol. The first-order valence-corrected chi connectivity index (χ1v) is 11.4. The first-order chi connectivity index (χ1) is 14.3. The van der Waals surface area contributed by atoms with E-state index in [0.717, 1.165) is 12.1 Å². The van der Waals surface area contributed by atoms with Crippen molar-refractivity contribution in [2.75, 3.05) is 6.61 Å². The molecule has 0 amide bonds. The van der Waals surface area contributed by atoms with Crippen LogP contribution in [0.25, 0.3) is 0 Å². The Morgan fingerprint density at radius 3 is 2.50 bits per heavy atom. The molecule has 2 fully saturated rings. The highest BCUT2D eigenvalue weighted by Crippen LogP contribution is 2.60. The van der Waals surface area contributed by atoms with Crippen molar-refractivity contribution in [2.24, 2.45) is 11.8 Å². The second kappa shape index (κ2) is 6.65. The summed E-state index contributed by atoms with van der Waals surface area (Å²) < 4.78 is 66.9. The molecular weight excluding hydrogens is 438 g/mol. The SMILES string of the molecule is O=C1C[C@@H]2[C@@H](CC[C@@]3(S(=O)(=O)c4ccc(Cl)cc4)c4c(F)ccc(F)c4OC[C@@H]23)O1. The maximum atomic E-state index is 15.2. The highest BCUT2D eigenvalue weighted by molar-refractivity contribution is 7.92. The molecule has 9 heteroatoms. The van der Waals surface area contributed by atoms with Crippen LogP contribution in [-0.2, 0) is 24.1 Å². The molecule has 0 N–H and O–H groups in total. The highest BCUT2D eigenvalue weighted by atomic mass is 35.5. The van der Waals surface area contributed by atoms with E-state index in [1.807, 2.05) is 0 Å². The molecule has 30 heavy (non-hydrogen) atoms. The topological polar surface area (TPSA) is 69.7 Å². The van der Waals surface area contributed by atoms with Crippen LogP contribution in [0.15, 0.2) is 41.3 Å². The van der Waals surface area contributed by atoms with Crippen LogP contribution in [0.1, 0.15) is 24.8 Å². The minimum Gasteiger partial charge on any atom is -0.490 e. The number of rotatable bonds is 2. The quantitative estimate of drug-likeness (QED) is 0.641. The Morgan fingerprint density at radius 1 is 1.07 bits per heavy atom. The fraction of sp³-hybridized carbons (Fsp3) is 0.381. The van der Waals surface area contributed by atoms with Crippen LogP contribution in [0.2, 0.25) is 5.02 Å². The van der Waals surface area contributed by atoms with E-state index in [-0.39, 0.29) is 42.1 Å². The molecule has 2 aromatic rings. The van der Waals surface area contributed by atoms with Gasteiger partial charge in [0.25, 0.3) is 0 Å². The van der Waals surface area contributed by atoms with Crippen molar-refractivity contribution in [1.82, 2.24) is 0 Å². The van der Waals surface area contributed by atoms with E-state index in [1.54, 1.807) is 0 Å². The van der Waals surface area contributed by atoms with Gasteiger partial charge in [-0.2, -0.15) is 0 Å². The minimum atomic E-state index is -4.22. The van der Waals surface area contributed by atoms with Crippen molar-refractivity contribution in [1.29, 1.82) is 0 Å². The van der Waals surface area contributed by atoms with Crippen LogP contribution in [0.3, 0.4) is 0 Å². The molecule has 2 heterocycles. The maximum Gasteiger partial charge on any atom is 0.306 e. The first-order valence-electron chi connectivity index (χ1n) is 9.56. The average Bonchev–Trinajstić information content (AvgIpc) is 3.10.